The Morgan fingerprint density at radius 3 is 2.65 bits per heavy atom. The molecule has 1 unspecified atom stereocenters. The number of aliphatic hydroxyl groups is 1. The average molecular weight is 264 g/mol. The summed E-state index contributed by atoms with van der Waals surface area (Å²) < 4.78 is 0. The lowest BCUT2D eigenvalue weighted by molar-refractivity contribution is 0.218. The number of benzene rings is 1. The quantitative estimate of drug-likeness (QED) is 0.772. The highest BCUT2D eigenvalue weighted by molar-refractivity contribution is 5.78. The van der Waals surface area contributed by atoms with Crippen molar-refractivity contribution in [2.45, 2.75) is 20.0 Å². The maximum Gasteiger partial charge on any atom is 0.107 e. The number of hydrogen-bond donors (Lipinski definition) is 1. The second-order valence-corrected chi connectivity index (χ2v) is 4.99. The predicted octanol–water partition coefficient (Wildman–Crippen LogP) is 3.33. The van der Waals surface area contributed by atoms with Crippen LogP contribution in [-0.2, 0) is 0 Å². The van der Waals surface area contributed by atoms with E-state index in [4.69, 9.17) is 0 Å². The maximum atomic E-state index is 10.5. The Kier molecular flexibility index (Phi) is 3.20. The fraction of sp³-hybridized carbons (Fsp3) is 0.176. The van der Waals surface area contributed by atoms with Gasteiger partial charge in [0.1, 0.15) is 6.10 Å². The van der Waals surface area contributed by atoms with Gasteiger partial charge in [0.15, 0.2) is 0 Å². The van der Waals surface area contributed by atoms with Crippen molar-refractivity contribution in [3.8, 4) is 0 Å². The monoisotopic (exact) mass is 264 g/mol. The van der Waals surface area contributed by atoms with Crippen molar-refractivity contribution >= 4 is 10.9 Å². The lowest BCUT2D eigenvalue weighted by Gasteiger charge is -2.14. The molecule has 0 aliphatic heterocycles. The number of pyridine rings is 2. The molecule has 0 saturated carbocycles. The standard InChI is InChI=1S/C17H16N2O/c1-11-7-8-15(12(2)19-11)17(20)14-9-13-5-3-4-6-16(13)18-10-14/h3-10,17,20H,1-2H3. The molecule has 2 heterocycles. The summed E-state index contributed by atoms with van der Waals surface area (Å²) in [6.45, 7) is 3.86. The Labute approximate surface area is 117 Å². The molecule has 0 radical (unpaired) electrons. The molecule has 0 aliphatic rings. The normalized spacial score (nSPS) is 12.6. The van der Waals surface area contributed by atoms with Gasteiger partial charge in [0.05, 0.1) is 5.52 Å². The molecule has 0 aliphatic carbocycles. The first kappa shape index (κ1) is 12.8. The molecule has 3 heteroatoms. The second-order valence-electron chi connectivity index (χ2n) is 4.99. The highest BCUT2D eigenvalue weighted by atomic mass is 16.3. The van der Waals surface area contributed by atoms with Crippen molar-refractivity contribution in [1.29, 1.82) is 0 Å². The van der Waals surface area contributed by atoms with Gasteiger partial charge in [0, 0.05) is 34.1 Å². The van der Waals surface area contributed by atoms with Gasteiger partial charge in [-0.25, -0.2) is 0 Å². The minimum Gasteiger partial charge on any atom is -0.384 e. The van der Waals surface area contributed by atoms with E-state index in [1.165, 1.54) is 0 Å². The molecule has 3 aromatic rings. The van der Waals surface area contributed by atoms with Crippen LogP contribution in [0.25, 0.3) is 10.9 Å². The molecule has 20 heavy (non-hydrogen) atoms. The van der Waals surface area contributed by atoms with Gasteiger partial charge in [0.2, 0.25) is 0 Å². The summed E-state index contributed by atoms with van der Waals surface area (Å²) in [5.41, 5.74) is 4.35. The van der Waals surface area contributed by atoms with Gasteiger partial charge < -0.3 is 5.11 Å². The summed E-state index contributed by atoms with van der Waals surface area (Å²) in [5, 5.41) is 11.6. The number of hydrogen-bond acceptors (Lipinski definition) is 3. The van der Waals surface area contributed by atoms with Crippen LogP contribution in [0.4, 0.5) is 0 Å². The first-order chi connectivity index (χ1) is 9.65. The van der Waals surface area contributed by atoms with Crippen LogP contribution in [0.3, 0.4) is 0 Å². The topological polar surface area (TPSA) is 46.0 Å². The molecule has 0 saturated heterocycles. The molecule has 3 rings (SSSR count). The van der Waals surface area contributed by atoms with Crippen LogP contribution >= 0.6 is 0 Å². The number of fused-ring (bicyclic) bond motifs is 1. The molecule has 1 atom stereocenters. The Balaban J connectivity index is 2.05. The molecule has 2 aromatic heterocycles. The highest BCUT2D eigenvalue weighted by Gasteiger charge is 2.14. The van der Waals surface area contributed by atoms with E-state index in [0.717, 1.165) is 33.4 Å². The van der Waals surface area contributed by atoms with Crippen LogP contribution in [0.5, 0.6) is 0 Å². The molecule has 0 fully saturated rings. The van der Waals surface area contributed by atoms with Crippen LogP contribution < -0.4 is 0 Å². The van der Waals surface area contributed by atoms with E-state index in [2.05, 4.69) is 9.97 Å². The SMILES string of the molecule is Cc1ccc(C(O)c2cnc3ccccc3c2)c(C)n1. The fourth-order valence-electron chi connectivity index (χ4n) is 2.40. The highest BCUT2D eigenvalue weighted by Crippen LogP contribution is 2.25. The third kappa shape index (κ3) is 2.28. The second kappa shape index (κ2) is 5.02. The summed E-state index contributed by atoms with van der Waals surface area (Å²) in [5.74, 6) is 0. The minimum absolute atomic E-state index is 0.694. The van der Waals surface area contributed by atoms with E-state index in [1.807, 2.05) is 56.3 Å². The first-order valence-electron chi connectivity index (χ1n) is 6.62. The number of aromatic nitrogens is 2. The zero-order valence-corrected chi connectivity index (χ0v) is 11.5. The van der Waals surface area contributed by atoms with Gasteiger partial charge in [0.25, 0.3) is 0 Å². The lowest BCUT2D eigenvalue weighted by atomic mass is 10.0. The molecule has 100 valence electrons. The molecule has 0 amide bonds. The van der Waals surface area contributed by atoms with Gasteiger partial charge in [-0.3, -0.25) is 9.97 Å². The van der Waals surface area contributed by atoms with Crippen LogP contribution in [0.1, 0.15) is 28.6 Å². The van der Waals surface area contributed by atoms with Gasteiger partial charge >= 0.3 is 0 Å². The molecule has 0 bridgehead atoms. The summed E-state index contributed by atoms with van der Waals surface area (Å²) in [6.07, 6.45) is 1.03. The Morgan fingerprint density at radius 2 is 1.85 bits per heavy atom. The summed E-state index contributed by atoms with van der Waals surface area (Å²) >= 11 is 0. The van der Waals surface area contributed by atoms with E-state index in [9.17, 15) is 5.11 Å². The predicted molar refractivity (Wildman–Crippen MR) is 79.5 cm³/mol. The van der Waals surface area contributed by atoms with Gasteiger partial charge in [-0.05, 0) is 32.0 Å². The van der Waals surface area contributed by atoms with Crippen molar-refractivity contribution in [3.63, 3.8) is 0 Å². The summed E-state index contributed by atoms with van der Waals surface area (Å²) in [4.78, 5) is 8.80. The fourth-order valence-corrected chi connectivity index (χ4v) is 2.40. The minimum atomic E-state index is -0.694. The third-order valence-electron chi connectivity index (χ3n) is 3.49. The van der Waals surface area contributed by atoms with E-state index in [-0.39, 0.29) is 0 Å². The number of nitrogens with zero attached hydrogens (tertiary/aromatic N) is 2. The van der Waals surface area contributed by atoms with Crippen molar-refractivity contribution in [3.05, 3.63) is 71.2 Å². The van der Waals surface area contributed by atoms with Crippen LogP contribution in [0, 0.1) is 13.8 Å². The zero-order valence-electron chi connectivity index (χ0n) is 11.5. The summed E-state index contributed by atoms with van der Waals surface area (Å²) in [7, 11) is 0. The molecule has 1 N–H and O–H groups in total. The number of rotatable bonds is 2. The molecule has 0 spiro atoms. The van der Waals surface area contributed by atoms with E-state index in [1.54, 1.807) is 6.20 Å². The smallest absolute Gasteiger partial charge is 0.107 e. The first-order valence-corrected chi connectivity index (χ1v) is 6.62. The average Bonchev–Trinajstić information content (AvgIpc) is 2.46. The number of para-hydroxylation sites is 1. The molecule has 1 aromatic carbocycles. The van der Waals surface area contributed by atoms with E-state index in [0.29, 0.717) is 0 Å². The zero-order chi connectivity index (χ0) is 14.1. The van der Waals surface area contributed by atoms with Crippen LogP contribution in [-0.4, -0.2) is 15.1 Å². The molecular weight excluding hydrogens is 248 g/mol. The van der Waals surface area contributed by atoms with Crippen molar-refractivity contribution in [1.82, 2.24) is 9.97 Å². The van der Waals surface area contributed by atoms with Gasteiger partial charge in [-0.1, -0.05) is 24.3 Å². The van der Waals surface area contributed by atoms with E-state index >= 15 is 0 Å². The molecular formula is C17H16N2O. The van der Waals surface area contributed by atoms with Crippen LogP contribution in [0.2, 0.25) is 0 Å². The lowest BCUT2D eigenvalue weighted by Crippen LogP contribution is -2.04. The van der Waals surface area contributed by atoms with E-state index < -0.39 is 6.10 Å². The Morgan fingerprint density at radius 1 is 1.05 bits per heavy atom. The summed E-state index contributed by atoms with van der Waals surface area (Å²) in [6, 6.07) is 13.7. The van der Waals surface area contributed by atoms with Crippen molar-refractivity contribution in [2.24, 2.45) is 0 Å². The van der Waals surface area contributed by atoms with Gasteiger partial charge in [-0.2, -0.15) is 0 Å². The number of aryl methyl sites for hydroxylation is 2. The number of aliphatic hydroxyl groups excluding tert-OH is 1. The Bertz CT molecular complexity index is 768. The third-order valence-corrected chi connectivity index (χ3v) is 3.49. The Hall–Kier alpha value is -2.26. The van der Waals surface area contributed by atoms with Crippen molar-refractivity contribution in [2.75, 3.05) is 0 Å². The molecule has 3 nitrogen and oxygen atoms in total. The largest absolute Gasteiger partial charge is 0.384 e. The maximum absolute atomic E-state index is 10.5. The van der Waals surface area contributed by atoms with Gasteiger partial charge in [-0.15, -0.1) is 0 Å². The van der Waals surface area contributed by atoms with Crippen molar-refractivity contribution < 1.29 is 5.11 Å². The van der Waals surface area contributed by atoms with Crippen LogP contribution in [0.15, 0.2) is 48.7 Å².